The SMILES string of the molecule is CC(C)(C)NC(=O)Cn1ccnc1C#N. The van der Waals surface area contributed by atoms with Crippen LogP contribution in [0.5, 0.6) is 0 Å². The van der Waals surface area contributed by atoms with E-state index in [9.17, 15) is 4.79 Å². The Morgan fingerprint density at radius 3 is 2.87 bits per heavy atom. The molecule has 1 heterocycles. The maximum Gasteiger partial charge on any atom is 0.240 e. The number of carbonyl (C=O) groups excluding carboxylic acids is 1. The van der Waals surface area contributed by atoms with E-state index in [2.05, 4.69) is 10.3 Å². The van der Waals surface area contributed by atoms with Crippen molar-refractivity contribution in [3.63, 3.8) is 0 Å². The van der Waals surface area contributed by atoms with Crippen molar-refractivity contribution in [2.45, 2.75) is 32.9 Å². The predicted molar refractivity (Wildman–Crippen MR) is 54.8 cm³/mol. The normalized spacial score (nSPS) is 10.8. The molecule has 5 nitrogen and oxygen atoms in total. The molecule has 80 valence electrons. The lowest BCUT2D eigenvalue weighted by Crippen LogP contribution is -2.42. The third-order valence-electron chi connectivity index (χ3n) is 1.64. The summed E-state index contributed by atoms with van der Waals surface area (Å²) in [5.74, 6) is 0.121. The van der Waals surface area contributed by atoms with Crippen LogP contribution in [0.1, 0.15) is 26.6 Å². The zero-order chi connectivity index (χ0) is 11.5. The summed E-state index contributed by atoms with van der Waals surface area (Å²) in [6.07, 6.45) is 3.11. The zero-order valence-electron chi connectivity index (χ0n) is 9.11. The average molecular weight is 206 g/mol. The minimum Gasteiger partial charge on any atom is -0.350 e. The number of aromatic nitrogens is 2. The molecule has 1 amide bonds. The first-order chi connectivity index (χ1) is 6.92. The van der Waals surface area contributed by atoms with Gasteiger partial charge in [-0.2, -0.15) is 5.26 Å². The Hall–Kier alpha value is -1.83. The van der Waals surface area contributed by atoms with Gasteiger partial charge in [0.2, 0.25) is 11.7 Å². The van der Waals surface area contributed by atoms with Gasteiger partial charge in [-0.05, 0) is 20.8 Å². The van der Waals surface area contributed by atoms with E-state index in [1.54, 1.807) is 6.20 Å². The van der Waals surface area contributed by atoms with E-state index in [4.69, 9.17) is 5.26 Å². The van der Waals surface area contributed by atoms with Crippen LogP contribution in [0.3, 0.4) is 0 Å². The summed E-state index contributed by atoms with van der Waals surface area (Å²) in [5, 5.41) is 11.5. The minimum absolute atomic E-state index is 0.125. The molecule has 0 bridgehead atoms. The molecule has 5 heteroatoms. The number of amides is 1. The number of carbonyl (C=O) groups is 1. The Kier molecular flexibility index (Phi) is 3.10. The second-order valence-electron chi connectivity index (χ2n) is 4.29. The molecule has 0 spiro atoms. The van der Waals surface area contributed by atoms with Crippen molar-refractivity contribution in [1.29, 1.82) is 5.26 Å². The van der Waals surface area contributed by atoms with Crippen LogP contribution in [0.2, 0.25) is 0 Å². The largest absolute Gasteiger partial charge is 0.350 e. The lowest BCUT2D eigenvalue weighted by atomic mass is 10.1. The maximum atomic E-state index is 11.5. The molecule has 0 unspecified atom stereocenters. The number of nitrogens with zero attached hydrogens (tertiary/aromatic N) is 3. The highest BCUT2D eigenvalue weighted by Crippen LogP contribution is 2.00. The Bertz CT molecular complexity index is 394. The number of hydrogen-bond donors (Lipinski definition) is 1. The fourth-order valence-electron chi connectivity index (χ4n) is 1.16. The summed E-state index contributed by atoms with van der Waals surface area (Å²) in [6.45, 7) is 5.85. The second kappa shape index (κ2) is 4.13. The molecule has 0 aliphatic heterocycles. The van der Waals surface area contributed by atoms with Crippen molar-refractivity contribution in [2.24, 2.45) is 0 Å². The van der Waals surface area contributed by atoms with Crippen molar-refractivity contribution in [3.05, 3.63) is 18.2 Å². The number of imidazole rings is 1. The quantitative estimate of drug-likeness (QED) is 0.773. The first-order valence-electron chi connectivity index (χ1n) is 4.64. The topological polar surface area (TPSA) is 70.7 Å². The molecule has 0 fully saturated rings. The Morgan fingerprint density at radius 2 is 2.33 bits per heavy atom. The molecule has 0 atom stereocenters. The van der Waals surface area contributed by atoms with Crippen molar-refractivity contribution < 1.29 is 4.79 Å². The Labute approximate surface area is 88.7 Å². The van der Waals surface area contributed by atoms with E-state index in [0.717, 1.165) is 0 Å². The monoisotopic (exact) mass is 206 g/mol. The van der Waals surface area contributed by atoms with Gasteiger partial charge in [0.05, 0.1) is 0 Å². The Morgan fingerprint density at radius 1 is 1.67 bits per heavy atom. The minimum atomic E-state index is -0.259. The van der Waals surface area contributed by atoms with Gasteiger partial charge >= 0.3 is 0 Å². The molecule has 0 saturated carbocycles. The van der Waals surface area contributed by atoms with Gasteiger partial charge in [0.1, 0.15) is 12.6 Å². The van der Waals surface area contributed by atoms with Gasteiger partial charge < -0.3 is 9.88 Å². The van der Waals surface area contributed by atoms with Gasteiger partial charge in [-0.15, -0.1) is 0 Å². The average Bonchev–Trinajstić information content (AvgIpc) is 2.48. The smallest absolute Gasteiger partial charge is 0.240 e. The van der Waals surface area contributed by atoms with Crippen molar-refractivity contribution in [2.75, 3.05) is 0 Å². The third kappa shape index (κ3) is 3.43. The van der Waals surface area contributed by atoms with Crippen LogP contribution in [0.4, 0.5) is 0 Å². The molecular weight excluding hydrogens is 192 g/mol. The van der Waals surface area contributed by atoms with Gasteiger partial charge in [-0.25, -0.2) is 4.98 Å². The maximum absolute atomic E-state index is 11.5. The molecular formula is C10H14N4O. The van der Waals surface area contributed by atoms with E-state index in [0.29, 0.717) is 0 Å². The molecule has 15 heavy (non-hydrogen) atoms. The van der Waals surface area contributed by atoms with E-state index < -0.39 is 0 Å². The van der Waals surface area contributed by atoms with E-state index in [1.165, 1.54) is 10.8 Å². The summed E-state index contributed by atoms with van der Waals surface area (Å²) in [7, 11) is 0. The van der Waals surface area contributed by atoms with Crippen molar-refractivity contribution in [1.82, 2.24) is 14.9 Å². The lowest BCUT2D eigenvalue weighted by Gasteiger charge is -2.20. The highest BCUT2D eigenvalue weighted by molar-refractivity contribution is 5.76. The highest BCUT2D eigenvalue weighted by Gasteiger charge is 2.14. The van der Waals surface area contributed by atoms with Crippen LogP contribution in [-0.4, -0.2) is 21.0 Å². The first kappa shape index (κ1) is 11.2. The molecule has 0 aromatic carbocycles. The summed E-state index contributed by atoms with van der Waals surface area (Å²) in [5.41, 5.74) is -0.259. The zero-order valence-corrected chi connectivity index (χ0v) is 9.11. The molecule has 0 aliphatic carbocycles. The first-order valence-corrected chi connectivity index (χ1v) is 4.64. The van der Waals surface area contributed by atoms with E-state index in [-0.39, 0.29) is 23.8 Å². The van der Waals surface area contributed by atoms with Crippen molar-refractivity contribution in [3.8, 4) is 6.07 Å². The molecule has 0 radical (unpaired) electrons. The molecule has 0 saturated heterocycles. The van der Waals surface area contributed by atoms with Crippen LogP contribution >= 0.6 is 0 Å². The Balaban J connectivity index is 2.64. The van der Waals surface area contributed by atoms with Crippen molar-refractivity contribution >= 4 is 5.91 Å². The van der Waals surface area contributed by atoms with E-state index in [1.807, 2.05) is 26.8 Å². The molecule has 0 aliphatic rings. The third-order valence-corrected chi connectivity index (χ3v) is 1.64. The van der Waals surface area contributed by atoms with Crippen LogP contribution < -0.4 is 5.32 Å². The number of nitriles is 1. The molecule has 1 N–H and O–H groups in total. The standard InChI is InChI=1S/C10H14N4O/c1-10(2,3)13-9(15)7-14-5-4-12-8(14)6-11/h4-5H,7H2,1-3H3,(H,13,15). The fourth-order valence-corrected chi connectivity index (χ4v) is 1.16. The summed E-state index contributed by atoms with van der Waals surface area (Å²) in [4.78, 5) is 15.3. The van der Waals surface area contributed by atoms with Gasteiger partial charge in [-0.3, -0.25) is 4.79 Å². The summed E-state index contributed by atoms with van der Waals surface area (Å²) in [6, 6.07) is 1.92. The van der Waals surface area contributed by atoms with E-state index >= 15 is 0 Å². The predicted octanol–water partition coefficient (Wildman–Crippen LogP) is 0.669. The summed E-state index contributed by atoms with van der Waals surface area (Å²) < 4.78 is 1.51. The second-order valence-corrected chi connectivity index (χ2v) is 4.29. The van der Waals surface area contributed by atoms with Crippen LogP contribution in [0, 0.1) is 11.3 Å². The van der Waals surface area contributed by atoms with Crippen LogP contribution in [0.25, 0.3) is 0 Å². The number of nitrogens with one attached hydrogen (secondary N) is 1. The molecule has 1 rings (SSSR count). The fraction of sp³-hybridized carbons (Fsp3) is 0.500. The highest BCUT2D eigenvalue weighted by atomic mass is 16.2. The van der Waals surface area contributed by atoms with Gasteiger partial charge in [0.25, 0.3) is 0 Å². The number of rotatable bonds is 2. The van der Waals surface area contributed by atoms with Crippen LogP contribution in [-0.2, 0) is 11.3 Å². The molecule has 1 aromatic heterocycles. The summed E-state index contributed by atoms with van der Waals surface area (Å²) >= 11 is 0. The van der Waals surface area contributed by atoms with Crippen LogP contribution in [0.15, 0.2) is 12.4 Å². The van der Waals surface area contributed by atoms with Gasteiger partial charge in [0.15, 0.2) is 0 Å². The van der Waals surface area contributed by atoms with Gasteiger partial charge in [0, 0.05) is 17.9 Å². The number of hydrogen-bond acceptors (Lipinski definition) is 3. The lowest BCUT2D eigenvalue weighted by molar-refractivity contribution is -0.123. The molecule has 1 aromatic rings. The van der Waals surface area contributed by atoms with Gasteiger partial charge in [-0.1, -0.05) is 0 Å².